The van der Waals surface area contributed by atoms with Gasteiger partial charge in [0.25, 0.3) is 0 Å². The smallest absolute Gasteiger partial charge is 0.407 e. The molecule has 0 aromatic rings. The van der Waals surface area contributed by atoms with E-state index < -0.39 is 29.8 Å². The SMILES string of the molecule is C=C(C(=O)OC)[C@H](O)[C@@H](CC(C)C)NC(=O)OC(C)(C)C. The van der Waals surface area contributed by atoms with Crippen LogP contribution >= 0.6 is 0 Å². The van der Waals surface area contributed by atoms with Gasteiger partial charge in [-0.3, -0.25) is 0 Å². The van der Waals surface area contributed by atoms with Crippen molar-refractivity contribution in [2.24, 2.45) is 5.92 Å². The number of hydrogen-bond acceptors (Lipinski definition) is 5. The highest BCUT2D eigenvalue weighted by atomic mass is 16.6. The van der Waals surface area contributed by atoms with Crippen LogP contribution in [0.5, 0.6) is 0 Å². The van der Waals surface area contributed by atoms with Crippen LogP contribution in [0.25, 0.3) is 0 Å². The van der Waals surface area contributed by atoms with Crippen LogP contribution in [-0.4, -0.2) is 42.0 Å². The zero-order valence-electron chi connectivity index (χ0n) is 13.7. The van der Waals surface area contributed by atoms with Crippen molar-refractivity contribution in [2.75, 3.05) is 7.11 Å². The lowest BCUT2D eigenvalue weighted by atomic mass is 9.95. The minimum absolute atomic E-state index is 0.0980. The zero-order valence-corrected chi connectivity index (χ0v) is 13.7. The van der Waals surface area contributed by atoms with Crippen molar-refractivity contribution in [1.29, 1.82) is 0 Å². The summed E-state index contributed by atoms with van der Waals surface area (Å²) in [5.41, 5.74) is -0.740. The normalized spacial score (nSPS) is 14.3. The molecule has 6 nitrogen and oxygen atoms in total. The van der Waals surface area contributed by atoms with Crippen molar-refractivity contribution in [3.05, 3.63) is 12.2 Å². The maximum atomic E-state index is 11.8. The fourth-order valence-electron chi connectivity index (χ4n) is 1.73. The Morgan fingerprint density at radius 3 is 2.19 bits per heavy atom. The molecule has 0 aromatic carbocycles. The molecular weight excluding hydrogens is 274 g/mol. The number of amides is 1. The quantitative estimate of drug-likeness (QED) is 0.579. The van der Waals surface area contributed by atoms with E-state index in [-0.39, 0.29) is 11.5 Å². The number of nitrogens with one attached hydrogen (secondary N) is 1. The van der Waals surface area contributed by atoms with Gasteiger partial charge in [-0.1, -0.05) is 20.4 Å². The van der Waals surface area contributed by atoms with E-state index in [2.05, 4.69) is 16.6 Å². The molecule has 2 atom stereocenters. The monoisotopic (exact) mass is 301 g/mol. The Hall–Kier alpha value is -1.56. The molecule has 0 bridgehead atoms. The van der Waals surface area contributed by atoms with Crippen LogP contribution in [0, 0.1) is 5.92 Å². The summed E-state index contributed by atoms with van der Waals surface area (Å²) in [6, 6.07) is -0.675. The average Bonchev–Trinajstić information content (AvgIpc) is 2.32. The zero-order chi connectivity index (χ0) is 16.8. The van der Waals surface area contributed by atoms with E-state index in [1.807, 2.05) is 13.8 Å². The molecule has 0 rings (SSSR count). The van der Waals surface area contributed by atoms with Crippen LogP contribution in [-0.2, 0) is 14.3 Å². The first-order valence-corrected chi connectivity index (χ1v) is 6.92. The number of alkyl carbamates (subject to hydrolysis) is 1. The highest BCUT2D eigenvalue weighted by Crippen LogP contribution is 2.16. The van der Waals surface area contributed by atoms with Gasteiger partial charge in [0.1, 0.15) is 11.7 Å². The summed E-state index contributed by atoms with van der Waals surface area (Å²) in [5, 5.41) is 12.8. The molecule has 2 N–H and O–H groups in total. The Balaban J connectivity index is 4.91. The minimum atomic E-state index is -1.23. The van der Waals surface area contributed by atoms with Gasteiger partial charge in [0.2, 0.25) is 0 Å². The average molecular weight is 301 g/mol. The molecule has 0 saturated carbocycles. The summed E-state index contributed by atoms with van der Waals surface area (Å²) in [4.78, 5) is 23.3. The van der Waals surface area contributed by atoms with E-state index in [1.165, 1.54) is 7.11 Å². The third kappa shape index (κ3) is 7.70. The number of methoxy groups -OCH3 is 1. The van der Waals surface area contributed by atoms with Gasteiger partial charge in [0, 0.05) is 0 Å². The van der Waals surface area contributed by atoms with Gasteiger partial charge in [0.15, 0.2) is 0 Å². The number of hydrogen-bond donors (Lipinski definition) is 2. The Labute approximate surface area is 126 Å². The fraction of sp³-hybridized carbons (Fsp3) is 0.733. The Bertz CT molecular complexity index is 384. The second-order valence-electron chi connectivity index (χ2n) is 6.34. The Morgan fingerprint density at radius 1 is 1.29 bits per heavy atom. The number of esters is 1. The number of aliphatic hydroxyl groups excluding tert-OH is 1. The summed E-state index contributed by atoms with van der Waals surface area (Å²) in [6.07, 6.45) is -1.41. The van der Waals surface area contributed by atoms with Gasteiger partial charge < -0.3 is 19.9 Å². The summed E-state index contributed by atoms with van der Waals surface area (Å²) in [5.74, 6) is -0.507. The third-order valence-electron chi connectivity index (χ3n) is 2.61. The number of aliphatic hydroxyl groups is 1. The van der Waals surface area contributed by atoms with Gasteiger partial charge >= 0.3 is 12.1 Å². The first-order chi connectivity index (χ1) is 9.47. The number of carbonyl (C=O) groups excluding carboxylic acids is 2. The van der Waals surface area contributed by atoms with E-state index in [1.54, 1.807) is 20.8 Å². The van der Waals surface area contributed by atoms with Gasteiger partial charge in [-0.15, -0.1) is 0 Å². The lowest BCUT2D eigenvalue weighted by molar-refractivity contribution is -0.137. The first-order valence-electron chi connectivity index (χ1n) is 6.92. The highest BCUT2D eigenvalue weighted by molar-refractivity contribution is 5.89. The second-order valence-corrected chi connectivity index (χ2v) is 6.34. The van der Waals surface area contributed by atoms with Crippen LogP contribution in [0.2, 0.25) is 0 Å². The Kier molecular flexibility index (Phi) is 7.43. The van der Waals surface area contributed by atoms with E-state index in [0.29, 0.717) is 6.42 Å². The first kappa shape index (κ1) is 19.4. The van der Waals surface area contributed by atoms with Gasteiger partial charge in [-0.25, -0.2) is 9.59 Å². The standard InChI is InChI=1S/C15H27NO5/c1-9(2)8-11(12(17)10(3)13(18)20-7)16-14(19)21-15(4,5)6/h9,11-12,17H,3,8H2,1-2,4-7H3,(H,16,19)/t11-,12+/m1/s1. The van der Waals surface area contributed by atoms with Crippen molar-refractivity contribution in [3.63, 3.8) is 0 Å². The molecule has 0 saturated heterocycles. The molecule has 0 aliphatic heterocycles. The van der Waals surface area contributed by atoms with E-state index >= 15 is 0 Å². The molecule has 0 fully saturated rings. The molecule has 0 aliphatic carbocycles. The van der Waals surface area contributed by atoms with Crippen LogP contribution in [0.4, 0.5) is 4.79 Å². The van der Waals surface area contributed by atoms with Crippen molar-refractivity contribution in [3.8, 4) is 0 Å². The number of ether oxygens (including phenoxy) is 2. The van der Waals surface area contributed by atoms with Crippen molar-refractivity contribution < 1.29 is 24.2 Å². The molecule has 6 heteroatoms. The molecule has 0 heterocycles. The molecule has 1 amide bonds. The number of carbonyl (C=O) groups is 2. The van der Waals surface area contributed by atoms with Gasteiger partial charge in [0.05, 0.1) is 18.7 Å². The van der Waals surface area contributed by atoms with Crippen molar-refractivity contribution in [1.82, 2.24) is 5.32 Å². The van der Waals surface area contributed by atoms with Gasteiger partial charge in [-0.2, -0.15) is 0 Å². The topological polar surface area (TPSA) is 84.9 Å². The van der Waals surface area contributed by atoms with E-state index in [9.17, 15) is 14.7 Å². The van der Waals surface area contributed by atoms with E-state index in [0.717, 1.165) is 0 Å². The molecule has 0 spiro atoms. The molecular formula is C15H27NO5. The molecule has 0 unspecified atom stereocenters. The fourth-order valence-corrected chi connectivity index (χ4v) is 1.73. The maximum absolute atomic E-state index is 11.8. The summed E-state index contributed by atoms with van der Waals surface area (Å²) < 4.78 is 9.69. The molecule has 0 aromatic heterocycles. The summed E-state index contributed by atoms with van der Waals surface area (Å²) in [7, 11) is 1.21. The third-order valence-corrected chi connectivity index (χ3v) is 2.61. The summed E-state index contributed by atoms with van der Waals surface area (Å²) >= 11 is 0. The lowest BCUT2D eigenvalue weighted by Gasteiger charge is -2.28. The molecule has 21 heavy (non-hydrogen) atoms. The molecule has 122 valence electrons. The largest absolute Gasteiger partial charge is 0.466 e. The predicted molar refractivity (Wildman–Crippen MR) is 79.8 cm³/mol. The van der Waals surface area contributed by atoms with Crippen LogP contribution < -0.4 is 5.32 Å². The van der Waals surface area contributed by atoms with Crippen molar-refractivity contribution in [2.45, 2.75) is 58.8 Å². The van der Waals surface area contributed by atoms with E-state index in [4.69, 9.17) is 4.74 Å². The van der Waals surface area contributed by atoms with Crippen LogP contribution in [0.3, 0.4) is 0 Å². The number of rotatable bonds is 6. The Morgan fingerprint density at radius 2 is 1.81 bits per heavy atom. The van der Waals surface area contributed by atoms with Crippen LogP contribution in [0.1, 0.15) is 41.0 Å². The second kappa shape index (κ2) is 8.02. The van der Waals surface area contributed by atoms with Crippen molar-refractivity contribution >= 4 is 12.1 Å². The molecule has 0 aliphatic rings. The maximum Gasteiger partial charge on any atom is 0.407 e. The molecule has 0 radical (unpaired) electrons. The lowest BCUT2D eigenvalue weighted by Crippen LogP contribution is -2.47. The van der Waals surface area contributed by atoms with Gasteiger partial charge in [-0.05, 0) is 33.1 Å². The summed E-state index contributed by atoms with van der Waals surface area (Å²) in [6.45, 7) is 12.6. The predicted octanol–water partition coefficient (Wildman–Crippen LogP) is 2.02. The highest BCUT2D eigenvalue weighted by Gasteiger charge is 2.29. The van der Waals surface area contributed by atoms with Crippen LogP contribution in [0.15, 0.2) is 12.2 Å². The minimum Gasteiger partial charge on any atom is -0.466 e.